The molecule has 0 aliphatic heterocycles. The minimum absolute atomic E-state index is 0.106. The van der Waals surface area contributed by atoms with E-state index in [-0.39, 0.29) is 25.7 Å². The van der Waals surface area contributed by atoms with E-state index in [0.717, 1.165) is 108 Å². The third-order valence-corrected chi connectivity index (χ3v) is 21.9. The Morgan fingerprint density at radius 2 is 0.495 bits per heavy atom. The van der Waals surface area contributed by atoms with Crippen LogP contribution in [0.2, 0.25) is 0 Å². The Morgan fingerprint density at radius 1 is 0.282 bits per heavy atom. The second-order valence-electron chi connectivity index (χ2n) is 31.4. The van der Waals surface area contributed by atoms with Crippen molar-refractivity contribution in [1.29, 1.82) is 0 Å². The molecular formula is C84H164O17P2. The Balaban J connectivity index is 5.20. The van der Waals surface area contributed by atoms with Gasteiger partial charge in [-0.25, -0.2) is 9.13 Å². The number of esters is 4. The van der Waals surface area contributed by atoms with Crippen molar-refractivity contribution in [3.63, 3.8) is 0 Å². The first kappa shape index (κ1) is 101. The quantitative estimate of drug-likeness (QED) is 0.0222. The van der Waals surface area contributed by atoms with Crippen LogP contribution in [0.1, 0.15) is 440 Å². The summed E-state index contributed by atoms with van der Waals surface area (Å²) in [5.41, 5.74) is 0. The maximum Gasteiger partial charge on any atom is 0.472 e. The molecule has 0 aromatic heterocycles. The van der Waals surface area contributed by atoms with E-state index in [9.17, 15) is 43.2 Å². The maximum absolute atomic E-state index is 13.1. The highest BCUT2D eigenvalue weighted by atomic mass is 31.2. The monoisotopic (exact) mass is 1510 g/mol. The third-order valence-electron chi connectivity index (χ3n) is 20.0. The van der Waals surface area contributed by atoms with Gasteiger partial charge in [0.25, 0.3) is 0 Å². The minimum atomic E-state index is -4.96. The van der Waals surface area contributed by atoms with Crippen LogP contribution >= 0.6 is 15.6 Å². The molecule has 6 atom stereocenters. The Bertz CT molecular complexity index is 1990. The SMILES string of the molecule is CCCCCCCCCCCC(=O)OC[C@H](COP(=O)(O)OC[C@H](O)COP(=O)(O)OC[C@@H](COC(=O)CCCCCCCCCCCCCCCCCCC(C)C)OC(=O)CCCCCCCCCCCCCCCCCCCCC(C)CC)OC(=O)CCCCCCCCCCCCC(C)C. The van der Waals surface area contributed by atoms with Gasteiger partial charge >= 0.3 is 39.5 Å². The van der Waals surface area contributed by atoms with Crippen LogP contribution in [0.5, 0.6) is 0 Å². The van der Waals surface area contributed by atoms with Gasteiger partial charge in [0.15, 0.2) is 12.2 Å². The van der Waals surface area contributed by atoms with Crippen molar-refractivity contribution in [2.75, 3.05) is 39.6 Å². The fraction of sp³-hybridized carbons (Fsp3) is 0.952. The molecule has 3 N–H and O–H groups in total. The topological polar surface area (TPSA) is 237 Å². The van der Waals surface area contributed by atoms with Crippen molar-refractivity contribution in [2.45, 2.75) is 458 Å². The van der Waals surface area contributed by atoms with Crippen molar-refractivity contribution in [1.82, 2.24) is 0 Å². The van der Waals surface area contributed by atoms with E-state index in [1.807, 2.05) is 0 Å². The molecule has 0 spiro atoms. The number of aliphatic hydroxyl groups excluding tert-OH is 1. The number of phosphoric acid groups is 2. The zero-order valence-electron chi connectivity index (χ0n) is 67.8. The van der Waals surface area contributed by atoms with Crippen molar-refractivity contribution < 1.29 is 80.2 Å². The molecule has 0 aromatic carbocycles. The van der Waals surface area contributed by atoms with Crippen LogP contribution in [0.3, 0.4) is 0 Å². The molecular weight excluding hydrogens is 1340 g/mol. The fourth-order valence-electron chi connectivity index (χ4n) is 13.0. The Hall–Kier alpha value is -1.94. The molecule has 0 rings (SSSR count). The van der Waals surface area contributed by atoms with Gasteiger partial charge in [0.1, 0.15) is 19.3 Å². The van der Waals surface area contributed by atoms with Crippen molar-refractivity contribution in [2.24, 2.45) is 17.8 Å². The number of ether oxygens (including phenoxy) is 4. The molecule has 0 amide bonds. The standard InChI is InChI=1S/C84H164O17P2/c1-8-10-11-12-13-34-44-51-58-65-81(86)94-71-79(101-84(89)68-61-54-47-40-33-32-36-42-49-56-63-76(5)6)73-98-102(90,91)96-69-78(85)70-97-103(92,93)99-74-80(72-95-82(87)66-59-52-45-38-30-26-22-19-18-20-24-28-35-41-48-55-62-75(3)4)100-83(88)67-60-53-46-39-31-27-23-17-15-14-16-21-25-29-37-43-50-57-64-77(7)9-2/h75-80,85H,8-74H2,1-7H3,(H,90,91)(H,92,93)/t77?,78-,79+,80+/m0/s1. The lowest BCUT2D eigenvalue weighted by atomic mass is 9.99. The van der Waals surface area contributed by atoms with Crippen LogP contribution in [0.4, 0.5) is 0 Å². The van der Waals surface area contributed by atoms with Gasteiger partial charge in [-0.3, -0.25) is 37.3 Å². The zero-order valence-corrected chi connectivity index (χ0v) is 69.6. The van der Waals surface area contributed by atoms with Crippen LogP contribution in [0, 0.1) is 17.8 Å². The molecule has 19 heteroatoms. The molecule has 103 heavy (non-hydrogen) atoms. The number of aliphatic hydroxyl groups is 1. The van der Waals surface area contributed by atoms with Crippen molar-refractivity contribution in [3.8, 4) is 0 Å². The molecule has 3 unspecified atom stereocenters. The second-order valence-corrected chi connectivity index (χ2v) is 34.3. The summed E-state index contributed by atoms with van der Waals surface area (Å²) in [7, 11) is -9.92. The molecule has 0 aliphatic rings. The predicted octanol–water partition coefficient (Wildman–Crippen LogP) is 25.3. The summed E-state index contributed by atoms with van der Waals surface area (Å²) >= 11 is 0. The van der Waals surface area contributed by atoms with E-state index >= 15 is 0 Å². The fourth-order valence-corrected chi connectivity index (χ4v) is 14.6. The average Bonchev–Trinajstić information content (AvgIpc) is 1.02. The summed E-state index contributed by atoms with van der Waals surface area (Å²) in [4.78, 5) is 73.0. The highest BCUT2D eigenvalue weighted by molar-refractivity contribution is 7.47. The lowest BCUT2D eigenvalue weighted by Gasteiger charge is -2.21. The second kappa shape index (κ2) is 74.2. The maximum atomic E-state index is 13.1. The van der Waals surface area contributed by atoms with Gasteiger partial charge < -0.3 is 33.8 Å². The van der Waals surface area contributed by atoms with E-state index < -0.39 is 97.5 Å². The van der Waals surface area contributed by atoms with Gasteiger partial charge in [0.05, 0.1) is 26.4 Å². The van der Waals surface area contributed by atoms with Crippen molar-refractivity contribution >= 4 is 39.5 Å². The highest BCUT2D eigenvalue weighted by Crippen LogP contribution is 2.45. The van der Waals surface area contributed by atoms with Gasteiger partial charge in [-0.05, 0) is 43.4 Å². The summed E-state index contributed by atoms with van der Waals surface area (Å²) in [5.74, 6) is 0.327. The van der Waals surface area contributed by atoms with Gasteiger partial charge in [-0.2, -0.15) is 0 Å². The predicted molar refractivity (Wildman–Crippen MR) is 423 cm³/mol. The van der Waals surface area contributed by atoms with Crippen LogP contribution in [0.15, 0.2) is 0 Å². The largest absolute Gasteiger partial charge is 0.472 e. The molecule has 0 radical (unpaired) electrons. The number of rotatable bonds is 82. The molecule has 0 bridgehead atoms. The van der Waals surface area contributed by atoms with E-state index in [2.05, 4.69) is 48.5 Å². The van der Waals surface area contributed by atoms with Crippen LogP contribution in [-0.4, -0.2) is 96.7 Å². The average molecular weight is 1510 g/mol. The minimum Gasteiger partial charge on any atom is -0.462 e. The molecule has 0 fully saturated rings. The van der Waals surface area contributed by atoms with Crippen molar-refractivity contribution in [3.05, 3.63) is 0 Å². The number of unbranched alkanes of at least 4 members (excludes halogenated alkanes) is 49. The van der Waals surface area contributed by atoms with E-state index in [0.29, 0.717) is 25.7 Å². The lowest BCUT2D eigenvalue weighted by molar-refractivity contribution is -0.161. The summed E-state index contributed by atoms with van der Waals surface area (Å²) in [6, 6.07) is 0. The smallest absolute Gasteiger partial charge is 0.462 e. The molecule has 0 heterocycles. The Morgan fingerprint density at radius 3 is 0.738 bits per heavy atom. The molecule has 0 saturated heterocycles. The molecule has 0 aromatic rings. The van der Waals surface area contributed by atoms with E-state index in [4.69, 9.17) is 37.0 Å². The summed E-state index contributed by atoms with van der Waals surface area (Å²) in [5, 5.41) is 10.6. The van der Waals surface area contributed by atoms with Crippen LogP contribution < -0.4 is 0 Å². The number of carbonyl (C=O) groups is 4. The molecule has 612 valence electrons. The van der Waals surface area contributed by atoms with Crippen LogP contribution in [0.25, 0.3) is 0 Å². The Labute approximate surface area is 632 Å². The van der Waals surface area contributed by atoms with E-state index in [1.165, 1.54) is 250 Å². The van der Waals surface area contributed by atoms with Gasteiger partial charge in [-0.1, -0.05) is 389 Å². The summed E-state index contributed by atoms with van der Waals surface area (Å²) < 4.78 is 68.7. The van der Waals surface area contributed by atoms with E-state index in [1.54, 1.807) is 0 Å². The van der Waals surface area contributed by atoms with Gasteiger partial charge in [-0.15, -0.1) is 0 Å². The van der Waals surface area contributed by atoms with Gasteiger partial charge in [0, 0.05) is 25.7 Å². The first-order valence-corrected chi connectivity index (χ1v) is 46.4. The number of phosphoric ester groups is 2. The molecule has 17 nitrogen and oxygen atoms in total. The van der Waals surface area contributed by atoms with Crippen LogP contribution in [-0.2, 0) is 65.4 Å². The number of carbonyl (C=O) groups excluding carboxylic acids is 4. The first-order valence-electron chi connectivity index (χ1n) is 43.4. The molecule has 0 aliphatic carbocycles. The number of hydrogen-bond acceptors (Lipinski definition) is 15. The lowest BCUT2D eigenvalue weighted by Crippen LogP contribution is -2.30. The summed E-state index contributed by atoms with van der Waals surface area (Å²) in [6.07, 6.45) is 63.9. The molecule has 0 saturated carbocycles. The highest BCUT2D eigenvalue weighted by Gasteiger charge is 2.30. The van der Waals surface area contributed by atoms with Gasteiger partial charge in [0.2, 0.25) is 0 Å². The normalized spacial score (nSPS) is 14.2. The zero-order chi connectivity index (χ0) is 75.8. The summed E-state index contributed by atoms with van der Waals surface area (Å²) in [6.45, 7) is 12.0. The Kier molecular flexibility index (Phi) is 72.8. The third kappa shape index (κ3) is 76.6. The number of hydrogen-bond donors (Lipinski definition) is 3. The first-order chi connectivity index (χ1) is 49.8.